The van der Waals surface area contributed by atoms with Crippen molar-refractivity contribution in [1.82, 2.24) is 5.32 Å². The first-order chi connectivity index (χ1) is 9.64. The molecule has 0 saturated heterocycles. The first kappa shape index (κ1) is 15.6. The van der Waals surface area contributed by atoms with Gasteiger partial charge in [0, 0.05) is 13.2 Å². The lowest BCUT2D eigenvalue weighted by atomic mass is 9.74. The van der Waals surface area contributed by atoms with Gasteiger partial charge in [0.1, 0.15) is 5.75 Å². The Labute approximate surface area is 126 Å². The van der Waals surface area contributed by atoms with Gasteiger partial charge in [-0.2, -0.15) is 0 Å². The van der Waals surface area contributed by atoms with Gasteiger partial charge in [0.05, 0.1) is 17.7 Å². The standard InChI is InChI=1S/C16H24ClNO2/c1-4-18-14(11-16(20-3)8-5-9-16)12-6-7-15(19-2)13(17)10-12/h6-7,10,14,18H,4-5,8-9,11H2,1-3H3. The third-order valence-corrected chi connectivity index (χ3v) is 4.60. The highest BCUT2D eigenvalue weighted by molar-refractivity contribution is 6.32. The largest absolute Gasteiger partial charge is 0.495 e. The lowest BCUT2D eigenvalue weighted by Gasteiger charge is -2.43. The molecule has 0 aliphatic heterocycles. The van der Waals surface area contributed by atoms with Crippen molar-refractivity contribution >= 4 is 11.6 Å². The van der Waals surface area contributed by atoms with Crippen molar-refractivity contribution < 1.29 is 9.47 Å². The summed E-state index contributed by atoms with van der Waals surface area (Å²) in [6.45, 7) is 3.05. The van der Waals surface area contributed by atoms with Gasteiger partial charge in [0.15, 0.2) is 0 Å². The van der Waals surface area contributed by atoms with Gasteiger partial charge in [-0.25, -0.2) is 0 Å². The molecule has 4 heteroatoms. The molecular weight excluding hydrogens is 274 g/mol. The highest BCUT2D eigenvalue weighted by Crippen LogP contribution is 2.42. The lowest BCUT2D eigenvalue weighted by molar-refractivity contribution is -0.0837. The first-order valence-electron chi connectivity index (χ1n) is 7.26. The van der Waals surface area contributed by atoms with Crippen LogP contribution in [0.5, 0.6) is 5.75 Å². The summed E-state index contributed by atoms with van der Waals surface area (Å²) >= 11 is 6.24. The molecule has 112 valence electrons. The van der Waals surface area contributed by atoms with Crippen molar-refractivity contribution in [3.63, 3.8) is 0 Å². The second kappa shape index (κ2) is 6.79. The summed E-state index contributed by atoms with van der Waals surface area (Å²) in [6, 6.07) is 6.28. The molecule has 3 nitrogen and oxygen atoms in total. The Bertz CT molecular complexity index is 441. The average Bonchev–Trinajstić information content (AvgIpc) is 2.41. The fraction of sp³-hybridized carbons (Fsp3) is 0.625. The van der Waals surface area contributed by atoms with Crippen molar-refractivity contribution in [3.05, 3.63) is 28.8 Å². The van der Waals surface area contributed by atoms with E-state index in [0.29, 0.717) is 5.02 Å². The van der Waals surface area contributed by atoms with Crippen LogP contribution in [0.1, 0.15) is 44.2 Å². The molecule has 1 saturated carbocycles. The van der Waals surface area contributed by atoms with Gasteiger partial charge < -0.3 is 14.8 Å². The highest BCUT2D eigenvalue weighted by atomic mass is 35.5. The van der Waals surface area contributed by atoms with E-state index in [4.69, 9.17) is 21.1 Å². The Morgan fingerprint density at radius 1 is 1.35 bits per heavy atom. The van der Waals surface area contributed by atoms with E-state index >= 15 is 0 Å². The minimum atomic E-state index is 0.0409. The Balaban J connectivity index is 2.17. The zero-order valence-electron chi connectivity index (χ0n) is 12.5. The summed E-state index contributed by atoms with van der Waals surface area (Å²) in [5, 5.41) is 4.20. The third kappa shape index (κ3) is 3.27. The molecule has 1 aliphatic carbocycles. The van der Waals surface area contributed by atoms with Gasteiger partial charge in [0.25, 0.3) is 0 Å². The molecule has 1 aromatic rings. The van der Waals surface area contributed by atoms with Crippen LogP contribution in [-0.4, -0.2) is 26.4 Å². The second-order valence-corrected chi connectivity index (χ2v) is 5.86. The average molecular weight is 298 g/mol. The van der Waals surface area contributed by atoms with Gasteiger partial charge in [0.2, 0.25) is 0 Å². The topological polar surface area (TPSA) is 30.5 Å². The number of hydrogen-bond donors (Lipinski definition) is 1. The number of methoxy groups -OCH3 is 2. The summed E-state index contributed by atoms with van der Waals surface area (Å²) in [6.07, 6.45) is 4.54. The summed E-state index contributed by atoms with van der Waals surface area (Å²) < 4.78 is 11.0. The number of nitrogens with one attached hydrogen (secondary N) is 1. The van der Waals surface area contributed by atoms with Crippen molar-refractivity contribution in [2.24, 2.45) is 0 Å². The van der Waals surface area contributed by atoms with Crippen LogP contribution in [0.15, 0.2) is 18.2 Å². The zero-order chi connectivity index (χ0) is 14.6. The SMILES string of the molecule is CCNC(CC1(OC)CCC1)c1ccc(OC)c(Cl)c1. The third-order valence-electron chi connectivity index (χ3n) is 4.30. The van der Waals surface area contributed by atoms with Crippen LogP contribution in [0.25, 0.3) is 0 Å². The quantitative estimate of drug-likeness (QED) is 0.826. The smallest absolute Gasteiger partial charge is 0.137 e. The van der Waals surface area contributed by atoms with Crippen molar-refractivity contribution in [3.8, 4) is 5.75 Å². The monoisotopic (exact) mass is 297 g/mol. The molecular formula is C16H24ClNO2. The highest BCUT2D eigenvalue weighted by Gasteiger charge is 2.39. The second-order valence-electron chi connectivity index (χ2n) is 5.45. The van der Waals surface area contributed by atoms with E-state index in [-0.39, 0.29) is 11.6 Å². The minimum Gasteiger partial charge on any atom is -0.495 e. The Hall–Kier alpha value is -0.770. The van der Waals surface area contributed by atoms with E-state index < -0.39 is 0 Å². The molecule has 0 heterocycles. The Morgan fingerprint density at radius 2 is 2.10 bits per heavy atom. The molecule has 1 aliphatic rings. The number of rotatable bonds is 7. The van der Waals surface area contributed by atoms with E-state index in [9.17, 15) is 0 Å². The molecule has 0 aromatic heterocycles. The maximum atomic E-state index is 6.24. The van der Waals surface area contributed by atoms with Crippen LogP contribution in [0.3, 0.4) is 0 Å². The maximum Gasteiger partial charge on any atom is 0.137 e. The normalized spacial score (nSPS) is 18.4. The maximum absolute atomic E-state index is 6.24. The van der Waals surface area contributed by atoms with E-state index in [0.717, 1.165) is 31.6 Å². The number of benzene rings is 1. The molecule has 0 amide bonds. The first-order valence-corrected chi connectivity index (χ1v) is 7.64. The van der Waals surface area contributed by atoms with Crippen LogP contribution < -0.4 is 10.1 Å². The molecule has 1 fully saturated rings. The fourth-order valence-corrected chi connectivity index (χ4v) is 3.15. The van der Waals surface area contributed by atoms with Crippen molar-refractivity contribution in [2.75, 3.05) is 20.8 Å². The van der Waals surface area contributed by atoms with Crippen molar-refractivity contribution in [2.45, 2.75) is 44.2 Å². The van der Waals surface area contributed by atoms with Crippen molar-refractivity contribution in [1.29, 1.82) is 0 Å². The molecule has 1 atom stereocenters. The van der Waals surface area contributed by atoms with Crippen LogP contribution >= 0.6 is 11.6 Å². The van der Waals surface area contributed by atoms with Crippen LogP contribution in [-0.2, 0) is 4.74 Å². The summed E-state index contributed by atoms with van der Waals surface area (Å²) in [5.41, 5.74) is 1.24. The predicted octanol–water partition coefficient (Wildman–Crippen LogP) is 3.96. The van der Waals surface area contributed by atoms with Gasteiger partial charge >= 0.3 is 0 Å². The lowest BCUT2D eigenvalue weighted by Crippen LogP contribution is -2.42. The summed E-state index contributed by atoms with van der Waals surface area (Å²) in [4.78, 5) is 0. The number of ether oxygens (including phenoxy) is 2. The predicted molar refractivity (Wildman–Crippen MR) is 82.6 cm³/mol. The molecule has 0 bridgehead atoms. The molecule has 1 aromatic carbocycles. The van der Waals surface area contributed by atoms with E-state index in [1.165, 1.54) is 12.0 Å². The Morgan fingerprint density at radius 3 is 2.55 bits per heavy atom. The summed E-state index contributed by atoms with van der Waals surface area (Å²) in [5.74, 6) is 0.718. The molecule has 2 rings (SSSR count). The van der Waals surface area contributed by atoms with E-state index in [1.54, 1.807) is 7.11 Å². The minimum absolute atomic E-state index is 0.0409. The van der Waals surface area contributed by atoms with Gasteiger partial charge in [-0.15, -0.1) is 0 Å². The van der Waals surface area contributed by atoms with E-state index in [2.05, 4.69) is 18.3 Å². The van der Waals surface area contributed by atoms with Crippen LogP contribution in [0.4, 0.5) is 0 Å². The number of halogens is 1. The fourth-order valence-electron chi connectivity index (χ4n) is 2.89. The van der Waals surface area contributed by atoms with Gasteiger partial charge in [-0.3, -0.25) is 0 Å². The summed E-state index contributed by atoms with van der Waals surface area (Å²) in [7, 11) is 3.46. The number of hydrogen-bond acceptors (Lipinski definition) is 3. The molecule has 0 radical (unpaired) electrons. The zero-order valence-corrected chi connectivity index (χ0v) is 13.3. The van der Waals surface area contributed by atoms with E-state index in [1.807, 2.05) is 19.2 Å². The van der Waals surface area contributed by atoms with Crippen LogP contribution in [0.2, 0.25) is 5.02 Å². The van der Waals surface area contributed by atoms with Gasteiger partial charge in [-0.1, -0.05) is 24.6 Å². The molecule has 1 N–H and O–H groups in total. The van der Waals surface area contributed by atoms with Gasteiger partial charge in [-0.05, 0) is 49.9 Å². The Kier molecular flexibility index (Phi) is 5.30. The molecule has 0 spiro atoms. The molecule has 20 heavy (non-hydrogen) atoms. The van der Waals surface area contributed by atoms with Crippen LogP contribution in [0, 0.1) is 0 Å². The molecule has 1 unspecified atom stereocenters.